The summed E-state index contributed by atoms with van der Waals surface area (Å²) in [5.74, 6) is -0.378. The molecule has 2 aliphatic heterocycles. The minimum Gasteiger partial charge on any atom is -0.465 e. The van der Waals surface area contributed by atoms with Crippen molar-refractivity contribution in [2.75, 3.05) is 36.5 Å². The monoisotopic (exact) mass is 373 g/mol. The summed E-state index contributed by atoms with van der Waals surface area (Å²) in [6, 6.07) is -0.530. The number of carbonyl (C=O) groups is 2. The van der Waals surface area contributed by atoms with Crippen LogP contribution in [0.5, 0.6) is 0 Å². The SMILES string of the molecule is CCOC(=O)C(C(C)=O)C1C=Nc2c(C)nc(N3CCCCC3)nc2N1C. The number of rotatable bonds is 5. The van der Waals surface area contributed by atoms with Crippen molar-refractivity contribution >= 4 is 35.4 Å². The third-order valence-electron chi connectivity index (χ3n) is 5.12. The zero-order valence-electron chi connectivity index (χ0n) is 16.4. The van der Waals surface area contributed by atoms with E-state index in [0.717, 1.165) is 31.6 Å². The summed E-state index contributed by atoms with van der Waals surface area (Å²) in [6.07, 6.45) is 5.12. The maximum atomic E-state index is 12.4. The second-order valence-corrected chi connectivity index (χ2v) is 7.05. The molecule has 146 valence electrons. The average molecular weight is 373 g/mol. The molecule has 3 rings (SSSR count). The first-order valence-electron chi connectivity index (χ1n) is 9.51. The molecule has 8 nitrogen and oxygen atoms in total. The van der Waals surface area contributed by atoms with Gasteiger partial charge in [0, 0.05) is 26.4 Å². The molecule has 0 aromatic carbocycles. The van der Waals surface area contributed by atoms with Crippen LogP contribution < -0.4 is 9.80 Å². The van der Waals surface area contributed by atoms with E-state index < -0.39 is 17.9 Å². The maximum Gasteiger partial charge on any atom is 0.318 e. The van der Waals surface area contributed by atoms with E-state index in [-0.39, 0.29) is 12.4 Å². The number of nitrogens with zero attached hydrogens (tertiary/aromatic N) is 5. The Kier molecular flexibility index (Phi) is 5.72. The molecule has 27 heavy (non-hydrogen) atoms. The molecule has 1 saturated heterocycles. The molecule has 2 aliphatic rings. The third-order valence-corrected chi connectivity index (χ3v) is 5.12. The van der Waals surface area contributed by atoms with Gasteiger partial charge in [-0.3, -0.25) is 14.6 Å². The number of carbonyl (C=O) groups excluding carboxylic acids is 2. The second kappa shape index (κ2) is 8.02. The van der Waals surface area contributed by atoms with Crippen molar-refractivity contribution in [1.29, 1.82) is 0 Å². The number of piperidine rings is 1. The largest absolute Gasteiger partial charge is 0.465 e. The molecule has 0 radical (unpaired) electrons. The van der Waals surface area contributed by atoms with Crippen LogP contribution in [0.3, 0.4) is 0 Å². The summed E-state index contributed by atoms with van der Waals surface area (Å²) in [6.45, 7) is 7.15. The molecule has 0 aliphatic carbocycles. The Bertz CT molecular complexity index is 758. The Hall–Kier alpha value is -2.51. The molecule has 2 unspecified atom stereocenters. The van der Waals surface area contributed by atoms with E-state index in [1.54, 1.807) is 13.1 Å². The van der Waals surface area contributed by atoms with Crippen molar-refractivity contribution in [2.24, 2.45) is 10.9 Å². The molecule has 0 saturated carbocycles. The number of aryl methyl sites for hydroxylation is 1. The van der Waals surface area contributed by atoms with Gasteiger partial charge in [-0.05, 0) is 40.0 Å². The predicted molar refractivity (Wildman–Crippen MR) is 104 cm³/mol. The molecule has 1 aromatic heterocycles. The minimum atomic E-state index is -0.930. The lowest BCUT2D eigenvalue weighted by atomic mass is 9.94. The van der Waals surface area contributed by atoms with Gasteiger partial charge in [0.15, 0.2) is 5.82 Å². The van der Waals surface area contributed by atoms with Gasteiger partial charge in [0.2, 0.25) is 5.95 Å². The van der Waals surface area contributed by atoms with E-state index in [4.69, 9.17) is 9.72 Å². The zero-order chi connectivity index (χ0) is 19.6. The fourth-order valence-electron chi connectivity index (χ4n) is 3.65. The zero-order valence-corrected chi connectivity index (χ0v) is 16.4. The van der Waals surface area contributed by atoms with E-state index in [2.05, 4.69) is 14.9 Å². The van der Waals surface area contributed by atoms with Gasteiger partial charge in [0.05, 0.1) is 18.3 Å². The lowest BCUT2D eigenvalue weighted by Gasteiger charge is -2.35. The Morgan fingerprint density at radius 1 is 1.26 bits per heavy atom. The quantitative estimate of drug-likeness (QED) is 0.576. The summed E-state index contributed by atoms with van der Waals surface area (Å²) in [5.41, 5.74) is 1.47. The first-order valence-corrected chi connectivity index (χ1v) is 9.51. The first kappa shape index (κ1) is 19.3. The summed E-state index contributed by atoms with van der Waals surface area (Å²) in [5, 5.41) is 0. The van der Waals surface area contributed by atoms with Crippen LogP contribution in [0.25, 0.3) is 0 Å². The van der Waals surface area contributed by atoms with E-state index in [1.165, 1.54) is 13.3 Å². The number of anilines is 2. The van der Waals surface area contributed by atoms with Gasteiger partial charge in [0.1, 0.15) is 17.4 Å². The van der Waals surface area contributed by atoms with Crippen molar-refractivity contribution < 1.29 is 14.3 Å². The van der Waals surface area contributed by atoms with Gasteiger partial charge >= 0.3 is 5.97 Å². The van der Waals surface area contributed by atoms with Crippen LogP contribution in [0.1, 0.15) is 38.8 Å². The van der Waals surface area contributed by atoms with Crippen molar-refractivity contribution in [2.45, 2.75) is 46.1 Å². The Balaban J connectivity index is 1.95. The molecule has 1 aromatic rings. The smallest absolute Gasteiger partial charge is 0.318 e. The highest BCUT2D eigenvalue weighted by Gasteiger charge is 2.38. The number of fused-ring (bicyclic) bond motifs is 1. The summed E-state index contributed by atoms with van der Waals surface area (Å²) >= 11 is 0. The topological polar surface area (TPSA) is 88.0 Å². The number of Topliss-reactive ketones (excluding diaryl/α,β-unsaturated/α-hetero) is 1. The molecule has 0 spiro atoms. The molecule has 3 heterocycles. The van der Waals surface area contributed by atoms with Crippen molar-refractivity contribution in [1.82, 2.24) is 9.97 Å². The van der Waals surface area contributed by atoms with Crippen LogP contribution in [0.2, 0.25) is 0 Å². The number of hydrogen-bond donors (Lipinski definition) is 0. The molecular formula is C19H27N5O3. The highest BCUT2D eigenvalue weighted by Crippen LogP contribution is 2.36. The fourth-order valence-corrected chi connectivity index (χ4v) is 3.65. The Labute approximate surface area is 159 Å². The number of esters is 1. The molecule has 8 heteroatoms. The molecular weight excluding hydrogens is 346 g/mol. The molecule has 0 bridgehead atoms. The summed E-state index contributed by atoms with van der Waals surface area (Å²) < 4.78 is 5.11. The van der Waals surface area contributed by atoms with E-state index in [1.807, 2.05) is 18.9 Å². The van der Waals surface area contributed by atoms with Crippen LogP contribution in [-0.2, 0) is 14.3 Å². The number of ether oxygens (including phenoxy) is 1. The predicted octanol–water partition coefficient (Wildman–Crippen LogP) is 2.06. The van der Waals surface area contributed by atoms with Gasteiger partial charge in [-0.2, -0.15) is 4.98 Å². The average Bonchev–Trinajstić information content (AvgIpc) is 2.65. The number of ketones is 1. The lowest BCUT2D eigenvalue weighted by molar-refractivity contribution is -0.151. The van der Waals surface area contributed by atoms with Gasteiger partial charge in [-0.15, -0.1) is 0 Å². The van der Waals surface area contributed by atoms with Crippen LogP contribution in [0.15, 0.2) is 4.99 Å². The van der Waals surface area contributed by atoms with E-state index >= 15 is 0 Å². The number of hydrogen-bond acceptors (Lipinski definition) is 8. The van der Waals surface area contributed by atoms with E-state index in [9.17, 15) is 9.59 Å². The Morgan fingerprint density at radius 3 is 2.59 bits per heavy atom. The van der Waals surface area contributed by atoms with Crippen molar-refractivity contribution in [3.05, 3.63) is 5.69 Å². The summed E-state index contributed by atoms with van der Waals surface area (Å²) in [4.78, 5) is 42.4. The van der Waals surface area contributed by atoms with E-state index in [0.29, 0.717) is 17.5 Å². The van der Waals surface area contributed by atoms with Gasteiger partial charge in [-0.1, -0.05) is 0 Å². The molecule has 0 amide bonds. The van der Waals surface area contributed by atoms with Crippen LogP contribution in [-0.4, -0.2) is 60.7 Å². The van der Waals surface area contributed by atoms with Crippen LogP contribution in [0, 0.1) is 12.8 Å². The van der Waals surface area contributed by atoms with Gasteiger partial charge in [-0.25, -0.2) is 4.98 Å². The van der Waals surface area contributed by atoms with Crippen LogP contribution in [0.4, 0.5) is 17.5 Å². The van der Waals surface area contributed by atoms with Crippen molar-refractivity contribution in [3.63, 3.8) is 0 Å². The van der Waals surface area contributed by atoms with Gasteiger partial charge < -0.3 is 14.5 Å². The molecule has 0 N–H and O–H groups in total. The van der Waals surface area contributed by atoms with Crippen molar-refractivity contribution in [3.8, 4) is 0 Å². The first-order chi connectivity index (χ1) is 12.9. The minimum absolute atomic E-state index is 0.229. The van der Waals surface area contributed by atoms with Crippen LogP contribution >= 0.6 is 0 Å². The normalized spacial score (nSPS) is 20.2. The second-order valence-electron chi connectivity index (χ2n) is 7.05. The maximum absolute atomic E-state index is 12.4. The number of aromatic nitrogens is 2. The summed E-state index contributed by atoms with van der Waals surface area (Å²) in [7, 11) is 1.83. The Morgan fingerprint density at radius 2 is 1.96 bits per heavy atom. The van der Waals surface area contributed by atoms with Gasteiger partial charge in [0.25, 0.3) is 0 Å². The fraction of sp³-hybridized carbons (Fsp3) is 0.632. The lowest BCUT2D eigenvalue weighted by Crippen LogP contribution is -2.48. The highest BCUT2D eigenvalue weighted by atomic mass is 16.5. The molecule has 2 atom stereocenters. The highest BCUT2D eigenvalue weighted by molar-refractivity contribution is 6.03. The third kappa shape index (κ3) is 3.79. The molecule has 1 fully saturated rings. The standard InChI is InChI=1S/C19H27N5O3/c1-5-27-18(26)15(13(3)25)14-11-20-16-12(2)21-19(22-17(16)23(14)4)24-9-7-6-8-10-24/h11,14-15H,5-10H2,1-4H3. The number of aliphatic imine (C=N–C) groups is 1.